The zero-order chi connectivity index (χ0) is 24.6. The molecule has 2 aromatic carbocycles. The Hall–Kier alpha value is -3.49. The number of benzene rings is 2. The summed E-state index contributed by atoms with van der Waals surface area (Å²) in [5, 5.41) is 22.2. The van der Waals surface area contributed by atoms with Crippen molar-refractivity contribution in [3.05, 3.63) is 65.5 Å². The van der Waals surface area contributed by atoms with Crippen LogP contribution in [-0.2, 0) is 5.60 Å². The molecule has 15 heteroatoms. The smallest absolute Gasteiger partial charge is 0.403 e. The molecule has 0 saturated carbocycles. The lowest BCUT2D eigenvalue weighted by Crippen LogP contribution is -2.38. The van der Waals surface area contributed by atoms with Crippen LogP contribution in [0.25, 0.3) is 0 Å². The van der Waals surface area contributed by atoms with Crippen molar-refractivity contribution in [3.8, 4) is 11.5 Å². The fourth-order valence-corrected chi connectivity index (χ4v) is 3.06. The molecule has 1 unspecified atom stereocenters. The number of nitrogens with zero attached hydrogens (tertiary/aromatic N) is 4. The Kier molecular flexibility index (Phi) is 6.19. The molecule has 0 aliphatic rings. The van der Waals surface area contributed by atoms with E-state index in [9.17, 15) is 40.2 Å². The van der Waals surface area contributed by atoms with Crippen molar-refractivity contribution in [2.75, 3.05) is 0 Å². The monoisotopic (exact) mass is 484 g/mol. The second kappa shape index (κ2) is 8.46. The molecule has 0 aliphatic carbocycles. The number of alkyl halides is 6. The number of halogens is 8. The van der Waals surface area contributed by atoms with Crippen molar-refractivity contribution < 1.29 is 49.7 Å². The third-order valence-corrected chi connectivity index (χ3v) is 4.51. The zero-order valence-corrected chi connectivity index (χ0v) is 16.2. The molecule has 1 atom stereocenters. The molecule has 0 saturated heterocycles. The van der Waals surface area contributed by atoms with Gasteiger partial charge in [-0.2, -0.15) is 4.80 Å². The van der Waals surface area contributed by atoms with E-state index in [1.165, 1.54) is 6.92 Å². The highest BCUT2D eigenvalue weighted by atomic mass is 19.4. The average Bonchev–Trinajstić information content (AvgIpc) is 3.22. The predicted molar refractivity (Wildman–Crippen MR) is 91.7 cm³/mol. The average molecular weight is 484 g/mol. The van der Waals surface area contributed by atoms with Crippen molar-refractivity contribution in [2.45, 2.75) is 31.3 Å². The first-order valence-electron chi connectivity index (χ1n) is 8.77. The molecule has 1 aromatic heterocycles. The molecule has 0 bridgehead atoms. The van der Waals surface area contributed by atoms with Crippen LogP contribution in [0.2, 0.25) is 0 Å². The van der Waals surface area contributed by atoms with Gasteiger partial charge in [-0.3, -0.25) is 0 Å². The van der Waals surface area contributed by atoms with Gasteiger partial charge in [-0.1, -0.05) is 12.1 Å². The highest BCUT2D eigenvalue weighted by Gasteiger charge is 2.42. The second-order valence-corrected chi connectivity index (χ2v) is 6.58. The molecule has 33 heavy (non-hydrogen) atoms. The van der Waals surface area contributed by atoms with Crippen LogP contribution < -0.4 is 9.47 Å². The highest BCUT2D eigenvalue weighted by molar-refractivity contribution is 5.43. The molecule has 0 spiro atoms. The summed E-state index contributed by atoms with van der Waals surface area (Å²) in [6.45, 7) is 1.28. The minimum Gasteiger partial charge on any atom is -0.403 e. The van der Waals surface area contributed by atoms with Gasteiger partial charge in [0.25, 0.3) is 0 Å². The third-order valence-electron chi connectivity index (χ3n) is 4.51. The van der Waals surface area contributed by atoms with Gasteiger partial charge in [0.2, 0.25) is 0 Å². The van der Waals surface area contributed by atoms with E-state index >= 15 is 0 Å². The molecule has 0 amide bonds. The molecule has 0 fully saturated rings. The second-order valence-electron chi connectivity index (χ2n) is 6.58. The van der Waals surface area contributed by atoms with Crippen LogP contribution in [0, 0.1) is 11.6 Å². The number of aromatic nitrogens is 4. The van der Waals surface area contributed by atoms with Gasteiger partial charge in [-0.15, -0.1) is 36.5 Å². The van der Waals surface area contributed by atoms with Crippen LogP contribution in [0.4, 0.5) is 35.1 Å². The first-order valence-corrected chi connectivity index (χ1v) is 8.77. The molecular weight excluding hydrogens is 472 g/mol. The maximum Gasteiger partial charge on any atom is 0.573 e. The number of tetrazole rings is 1. The van der Waals surface area contributed by atoms with Gasteiger partial charge in [0.15, 0.2) is 29.5 Å². The standard InChI is InChI=1S/C18H12F8N4O3/c1-9(30-28-8-27-29-30)16(31,10-2-4-14(12(19)6-10)32-17(21,22)23)11-3-5-15(13(20)7-11)33-18(24,25)26/h2-9,31H,1H3. The fraction of sp³-hybridized carbons (Fsp3) is 0.278. The summed E-state index contributed by atoms with van der Waals surface area (Å²) in [4.78, 5) is 0.829. The predicted octanol–water partition coefficient (Wildman–Crippen LogP) is 4.25. The Bertz CT molecular complexity index is 1050. The Morgan fingerprint density at radius 2 is 1.30 bits per heavy atom. The van der Waals surface area contributed by atoms with E-state index in [2.05, 4.69) is 24.9 Å². The van der Waals surface area contributed by atoms with Crippen LogP contribution in [0.5, 0.6) is 11.5 Å². The van der Waals surface area contributed by atoms with E-state index in [1.807, 2.05) is 0 Å². The Balaban J connectivity index is 2.13. The van der Waals surface area contributed by atoms with Gasteiger partial charge in [0, 0.05) is 0 Å². The minimum absolute atomic E-state index is 0.414. The summed E-state index contributed by atoms with van der Waals surface area (Å²) in [6.07, 6.45) is -9.43. The number of rotatable bonds is 6. The molecule has 1 heterocycles. The number of hydrogen-bond donors (Lipinski definition) is 1. The Morgan fingerprint density at radius 1 is 0.848 bits per heavy atom. The Labute approximate surface area is 179 Å². The summed E-state index contributed by atoms with van der Waals surface area (Å²) in [5.74, 6) is -5.47. The third kappa shape index (κ3) is 5.30. The molecule has 1 N–H and O–H groups in total. The lowest BCUT2D eigenvalue weighted by atomic mass is 9.80. The van der Waals surface area contributed by atoms with E-state index in [4.69, 9.17) is 0 Å². The lowest BCUT2D eigenvalue weighted by Gasteiger charge is -2.34. The van der Waals surface area contributed by atoms with Gasteiger partial charge in [-0.05, 0) is 47.5 Å². The van der Waals surface area contributed by atoms with Crippen LogP contribution >= 0.6 is 0 Å². The number of hydrogen-bond acceptors (Lipinski definition) is 6. The molecule has 0 radical (unpaired) electrons. The van der Waals surface area contributed by atoms with E-state index in [0.717, 1.165) is 23.3 Å². The van der Waals surface area contributed by atoms with Crippen molar-refractivity contribution in [1.82, 2.24) is 20.2 Å². The molecule has 3 rings (SSSR count). The maximum absolute atomic E-state index is 14.4. The van der Waals surface area contributed by atoms with Gasteiger partial charge in [0.1, 0.15) is 11.6 Å². The molecule has 7 nitrogen and oxygen atoms in total. The van der Waals surface area contributed by atoms with Crippen molar-refractivity contribution in [1.29, 1.82) is 0 Å². The number of ether oxygens (including phenoxy) is 2. The summed E-state index contributed by atoms with van der Waals surface area (Å²) in [6, 6.07) is 2.54. The van der Waals surface area contributed by atoms with Crippen molar-refractivity contribution >= 4 is 0 Å². The van der Waals surface area contributed by atoms with Crippen molar-refractivity contribution in [2.24, 2.45) is 0 Å². The van der Waals surface area contributed by atoms with Crippen LogP contribution in [0.3, 0.4) is 0 Å². The first kappa shape index (κ1) is 24.2. The van der Waals surface area contributed by atoms with Gasteiger partial charge in [0.05, 0.1) is 0 Å². The van der Waals surface area contributed by atoms with E-state index in [1.54, 1.807) is 0 Å². The SMILES string of the molecule is CC(n1ncnn1)C(O)(c1ccc(OC(F)(F)F)c(F)c1)c1ccc(OC(F)(F)F)c(F)c1. The van der Waals surface area contributed by atoms with Crippen LogP contribution in [-0.4, -0.2) is 38.0 Å². The van der Waals surface area contributed by atoms with Gasteiger partial charge >= 0.3 is 12.7 Å². The summed E-state index contributed by atoms with van der Waals surface area (Å²) in [7, 11) is 0. The number of aliphatic hydroxyl groups is 1. The molecule has 3 aromatic rings. The minimum atomic E-state index is -5.20. The lowest BCUT2D eigenvalue weighted by molar-refractivity contribution is -0.276. The Morgan fingerprint density at radius 3 is 1.64 bits per heavy atom. The molecule has 178 valence electrons. The normalized spacial score (nSPS) is 13.6. The van der Waals surface area contributed by atoms with Crippen molar-refractivity contribution in [3.63, 3.8) is 0 Å². The first-order chi connectivity index (χ1) is 15.2. The summed E-state index contributed by atoms with van der Waals surface area (Å²) in [5.41, 5.74) is -3.29. The summed E-state index contributed by atoms with van der Waals surface area (Å²) >= 11 is 0. The van der Waals surface area contributed by atoms with Crippen LogP contribution in [0.15, 0.2) is 42.7 Å². The van der Waals surface area contributed by atoms with Crippen LogP contribution in [0.1, 0.15) is 24.1 Å². The molecule has 0 aliphatic heterocycles. The maximum atomic E-state index is 14.4. The fourth-order valence-electron chi connectivity index (χ4n) is 3.06. The van der Waals surface area contributed by atoms with E-state index in [0.29, 0.717) is 24.3 Å². The summed E-state index contributed by atoms with van der Waals surface area (Å²) < 4.78 is 110. The zero-order valence-electron chi connectivity index (χ0n) is 16.2. The van der Waals surface area contributed by atoms with Gasteiger partial charge < -0.3 is 14.6 Å². The topological polar surface area (TPSA) is 82.3 Å². The molecular formula is C18H12F8N4O3. The van der Waals surface area contributed by atoms with E-state index < -0.39 is 58.6 Å². The quantitative estimate of drug-likeness (QED) is 0.527. The van der Waals surface area contributed by atoms with E-state index in [-0.39, 0.29) is 0 Å². The highest BCUT2D eigenvalue weighted by Crippen LogP contribution is 2.42. The van der Waals surface area contributed by atoms with Gasteiger partial charge in [-0.25, -0.2) is 8.78 Å². The largest absolute Gasteiger partial charge is 0.573 e.